The number of phenolic OH excluding ortho intramolecular Hbond substituents is 2. The Morgan fingerprint density at radius 2 is 1.81 bits per heavy atom. The van der Waals surface area contributed by atoms with Crippen LogP contribution in [-0.4, -0.2) is 39.3 Å². The number of rotatable bonds is 4. The molecule has 0 aromatic heterocycles. The molecule has 0 bridgehead atoms. The SMILES string of the molecule is Cc1cc(C(=O)N2CCCC2c2ccc(C(=O)C3CC(F)(F)C3)cc2F)c(O)cc1O. The summed E-state index contributed by atoms with van der Waals surface area (Å²) in [5.74, 6) is -5.79. The van der Waals surface area contributed by atoms with Crippen molar-refractivity contribution in [2.75, 3.05) is 6.54 Å². The number of nitrogens with zero attached hydrogens (tertiary/aromatic N) is 1. The van der Waals surface area contributed by atoms with Gasteiger partial charge in [0, 0.05) is 42.5 Å². The second-order valence-electron chi connectivity index (χ2n) is 8.37. The molecule has 1 saturated carbocycles. The van der Waals surface area contributed by atoms with Crippen LogP contribution in [0.15, 0.2) is 30.3 Å². The van der Waals surface area contributed by atoms with Crippen molar-refractivity contribution < 1.29 is 33.0 Å². The summed E-state index contributed by atoms with van der Waals surface area (Å²) in [6.45, 7) is 1.96. The van der Waals surface area contributed by atoms with Crippen molar-refractivity contribution in [3.05, 3.63) is 58.4 Å². The summed E-state index contributed by atoms with van der Waals surface area (Å²) in [6.07, 6.45) is 0.0967. The molecule has 2 aromatic carbocycles. The lowest BCUT2D eigenvalue weighted by molar-refractivity contribution is -0.0982. The Hall–Kier alpha value is -3.03. The number of aromatic hydroxyl groups is 2. The number of Topliss-reactive ketones (excluding diaryl/α,β-unsaturated/α-hetero) is 1. The van der Waals surface area contributed by atoms with Gasteiger partial charge in [-0.05, 0) is 37.5 Å². The summed E-state index contributed by atoms with van der Waals surface area (Å²) in [5.41, 5.74) is 0.716. The first kappa shape index (κ1) is 21.2. The molecule has 8 heteroatoms. The van der Waals surface area contributed by atoms with Gasteiger partial charge in [-0.25, -0.2) is 13.2 Å². The molecule has 5 nitrogen and oxygen atoms in total. The van der Waals surface area contributed by atoms with Gasteiger partial charge in [0.15, 0.2) is 5.78 Å². The van der Waals surface area contributed by atoms with Gasteiger partial charge in [0.2, 0.25) is 5.92 Å². The average molecular weight is 433 g/mol. The highest BCUT2D eigenvalue weighted by atomic mass is 19.3. The molecule has 31 heavy (non-hydrogen) atoms. The van der Waals surface area contributed by atoms with E-state index in [-0.39, 0.29) is 28.2 Å². The van der Waals surface area contributed by atoms with E-state index in [1.165, 1.54) is 23.1 Å². The zero-order chi connectivity index (χ0) is 22.5. The molecule has 1 amide bonds. The van der Waals surface area contributed by atoms with Crippen molar-refractivity contribution in [3.8, 4) is 11.5 Å². The molecular formula is C23H22F3NO4. The fourth-order valence-corrected chi connectivity index (χ4v) is 4.38. The van der Waals surface area contributed by atoms with Gasteiger partial charge < -0.3 is 15.1 Å². The molecule has 2 aromatic rings. The van der Waals surface area contributed by atoms with E-state index in [4.69, 9.17) is 0 Å². The van der Waals surface area contributed by atoms with E-state index in [2.05, 4.69) is 0 Å². The smallest absolute Gasteiger partial charge is 0.258 e. The first-order valence-electron chi connectivity index (χ1n) is 10.1. The van der Waals surface area contributed by atoms with Gasteiger partial charge in [-0.2, -0.15) is 0 Å². The molecular weight excluding hydrogens is 411 g/mol. The number of ketones is 1. The number of alkyl halides is 2. The van der Waals surface area contributed by atoms with Crippen LogP contribution in [0.25, 0.3) is 0 Å². The molecule has 1 heterocycles. The van der Waals surface area contributed by atoms with Gasteiger partial charge >= 0.3 is 0 Å². The Kier molecular flexibility index (Phi) is 5.19. The Labute approximate surface area is 177 Å². The Morgan fingerprint density at radius 1 is 1.10 bits per heavy atom. The largest absolute Gasteiger partial charge is 0.508 e. The van der Waals surface area contributed by atoms with Crippen LogP contribution in [0.3, 0.4) is 0 Å². The monoisotopic (exact) mass is 433 g/mol. The van der Waals surface area contributed by atoms with Gasteiger partial charge in [0.25, 0.3) is 5.91 Å². The summed E-state index contributed by atoms with van der Waals surface area (Å²) >= 11 is 0. The summed E-state index contributed by atoms with van der Waals surface area (Å²) < 4.78 is 41.0. The van der Waals surface area contributed by atoms with E-state index in [0.29, 0.717) is 24.9 Å². The molecule has 0 radical (unpaired) electrons. The van der Waals surface area contributed by atoms with E-state index in [1.807, 2.05) is 0 Å². The minimum Gasteiger partial charge on any atom is -0.508 e. The molecule has 4 rings (SSSR count). The first-order valence-corrected chi connectivity index (χ1v) is 10.1. The molecule has 2 aliphatic rings. The summed E-state index contributed by atoms with van der Waals surface area (Å²) in [5, 5.41) is 19.8. The van der Waals surface area contributed by atoms with Crippen LogP contribution >= 0.6 is 0 Å². The predicted octanol–water partition coefficient (Wildman–Crippen LogP) is 4.75. The van der Waals surface area contributed by atoms with E-state index >= 15 is 0 Å². The highest BCUT2D eigenvalue weighted by Gasteiger charge is 2.48. The third-order valence-corrected chi connectivity index (χ3v) is 6.16. The Balaban J connectivity index is 1.57. The van der Waals surface area contributed by atoms with Crippen LogP contribution in [0.2, 0.25) is 0 Å². The van der Waals surface area contributed by atoms with Crippen LogP contribution in [0.1, 0.15) is 63.6 Å². The maximum atomic E-state index is 14.9. The number of likely N-dealkylation sites (tertiary alicyclic amines) is 1. The van der Waals surface area contributed by atoms with E-state index < -0.39 is 48.2 Å². The van der Waals surface area contributed by atoms with Crippen molar-refractivity contribution in [1.29, 1.82) is 0 Å². The molecule has 2 fully saturated rings. The van der Waals surface area contributed by atoms with Gasteiger partial charge in [-0.1, -0.05) is 12.1 Å². The number of benzene rings is 2. The van der Waals surface area contributed by atoms with Gasteiger partial charge in [-0.3, -0.25) is 9.59 Å². The third-order valence-electron chi connectivity index (χ3n) is 6.16. The van der Waals surface area contributed by atoms with Crippen molar-refractivity contribution in [2.24, 2.45) is 5.92 Å². The van der Waals surface area contributed by atoms with Crippen molar-refractivity contribution in [3.63, 3.8) is 0 Å². The van der Waals surface area contributed by atoms with E-state index in [0.717, 1.165) is 12.1 Å². The Morgan fingerprint density at radius 3 is 2.45 bits per heavy atom. The van der Waals surface area contributed by atoms with Crippen molar-refractivity contribution in [1.82, 2.24) is 4.90 Å². The lowest BCUT2D eigenvalue weighted by Crippen LogP contribution is -2.40. The Bertz CT molecular complexity index is 1060. The van der Waals surface area contributed by atoms with Crippen LogP contribution in [-0.2, 0) is 0 Å². The standard InChI is InChI=1S/C23H22F3NO4/c1-12-7-16(20(29)9-19(12)28)22(31)27-6-2-3-18(27)15-5-4-13(8-17(15)24)21(30)14-10-23(25,26)11-14/h4-5,7-9,14,18,28-29H,2-3,6,10-11H2,1H3. The van der Waals surface area contributed by atoms with Crippen LogP contribution in [0.5, 0.6) is 11.5 Å². The van der Waals surface area contributed by atoms with E-state index in [9.17, 15) is 33.0 Å². The number of halogens is 3. The highest BCUT2D eigenvalue weighted by molar-refractivity contribution is 5.99. The predicted molar refractivity (Wildman–Crippen MR) is 106 cm³/mol. The second kappa shape index (κ2) is 7.59. The molecule has 1 atom stereocenters. The summed E-state index contributed by atoms with van der Waals surface area (Å²) in [6, 6.07) is 5.79. The molecule has 1 aliphatic heterocycles. The summed E-state index contributed by atoms with van der Waals surface area (Å²) in [4.78, 5) is 26.8. The number of carbonyl (C=O) groups is 2. The van der Waals surface area contributed by atoms with E-state index in [1.54, 1.807) is 6.92 Å². The molecule has 164 valence electrons. The van der Waals surface area contributed by atoms with Crippen LogP contribution in [0.4, 0.5) is 13.2 Å². The molecule has 1 unspecified atom stereocenters. The molecule has 0 spiro atoms. The van der Waals surface area contributed by atoms with Crippen molar-refractivity contribution >= 4 is 11.7 Å². The minimum absolute atomic E-state index is 0.0142. The average Bonchev–Trinajstić information content (AvgIpc) is 3.17. The molecule has 1 aliphatic carbocycles. The zero-order valence-corrected chi connectivity index (χ0v) is 16.9. The highest BCUT2D eigenvalue weighted by Crippen LogP contribution is 2.44. The quantitative estimate of drug-likeness (QED) is 0.682. The summed E-state index contributed by atoms with van der Waals surface area (Å²) in [7, 11) is 0. The lowest BCUT2D eigenvalue weighted by Gasteiger charge is -2.33. The van der Waals surface area contributed by atoms with Gasteiger partial charge in [-0.15, -0.1) is 0 Å². The molecule has 1 saturated heterocycles. The number of amides is 1. The van der Waals surface area contributed by atoms with Gasteiger partial charge in [0.1, 0.15) is 17.3 Å². The van der Waals surface area contributed by atoms with Crippen LogP contribution in [0, 0.1) is 18.7 Å². The topological polar surface area (TPSA) is 77.8 Å². The first-order chi connectivity index (χ1) is 14.6. The fraction of sp³-hybridized carbons (Fsp3) is 0.391. The number of carbonyl (C=O) groups excluding carboxylic acids is 2. The number of hydrogen-bond donors (Lipinski definition) is 2. The third kappa shape index (κ3) is 3.86. The number of phenols is 2. The van der Waals surface area contributed by atoms with Crippen LogP contribution < -0.4 is 0 Å². The normalized spacial score (nSPS) is 20.5. The van der Waals surface area contributed by atoms with Gasteiger partial charge in [0.05, 0.1) is 11.6 Å². The number of aryl methyl sites for hydroxylation is 1. The fourth-order valence-electron chi connectivity index (χ4n) is 4.38. The number of hydrogen-bond acceptors (Lipinski definition) is 4. The zero-order valence-electron chi connectivity index (χ0n) is 16.9. The second-order valence-corrected chi connectivity index (χ2v) is 8.37. The minimum atomic E-state index is -2.83. The molecule has 2 N–H and O–H groups in total. The van der Waals surface area contributed by atoms with Crippen molar-refractivity contribution in [2.45, 2.75) is 44.6 Å². The maximum Gasteiger partial charge on any atom is 0.258 e. The maximum absolute atomic E-state index is 14.9. The lowest BCUT2D eigenvalue weighted by atomic mass is 9.76.